The van der Waals surface area contributed by atoms with Crippen LogP contribution in [0.2, 0.25) is 0 Å². The first-order valence-corrected chi connectivity index (χ1v) is 17.6. The minimum Gasteiger partial charge on any atom is -0.416 e. The molecule has 0 amide bonds. The molecule has 1 aliphatic rings. The Balaban J connectivity index is 1.18. The van der Waals surface area contributed by atoms with Crippen LogP contribution in [0.3, 0.4) is 0 Å². The molecule has 0 N–H and O–H groups in total. The highest BCUT2D eigenvalue weighted by Crippen LogP contribution is 2.39. The molecule has 6 aromatic carbocycles. The zero-order chi connectivity index (χ0) is 36.0. The van der Waals surface area contributed by atoms with Crippen LogP contribution in [0.15, 0.2) is 210 Å². The summed E-state index contributed by atoms with van der Waals surface area (Å²) in [6.45, 7) is 6.35. The Morgan fingerprint density at radius 3 is 1.72 bits per heavy atom. The molecule has 0 fully saturated rings. The zero-order valence-electron chi connectivity index (χ0n) is 29.3. The van der Waals surface area contributed by atoms with E-state index >= 15 is 0 Å². The molecule has 1 aliphatic carbocycles. The van der Waals surface area contributed by atoms with Gasteiger partial charge < -0.3 is 9.32 Å². The van der Waals surface area contributed by atoms with E-state index in [2.05, 4.69) is 126 Å². The van der Waals surface area contributed by atoms with Crippen LogP contribution in [0.5, 0.6) is 0 Å². The number of anilines is 3. The van der Waals surface area contributed by atoms with Crippen molar-refractivity contribution in [2.45, 2.75) is 6.92 Å². The topological polar surface area (TPSA) is 54.5 Å². The fourth-order valence-corrected chi connectivity index (χ4v) is 6.39. The van der Waals surface area contributed by atoms with Gasteiger partial charge in [0, 0.05) is 33.8 Å². The van der Waals surface area contributed by atoms with E-state index in [-0.39, 0.29) is 0 Å². The van der Waals surface area contributed by atoms with Crippen molar-refractivity contribution in [1.82, 2.24) is 10.2 Å². The number of hydrogen-bond donors (Lipinski definition) is 0. The van der Waals surface area contributed by atoms with Crippen molar-refractivity contribution in [2.75, 3.05) is 4.90 Å². The first-order valence-electron chi connectivity index (χ1n) is 17.6. The maximum Gasteiger partial charge on any atom is 0.248 e. The van der Waals surface area contributed by atoms with E-state index in [1.807, 2.05) is 91.0 Å². The van der Waals surface area contributed by atoms with Crippen LogP contribution in [0.25, 0.3) is 45.3 Å². The Morgan fingerprint density at radius 2 is 1.08 bits per heavy atom. The van der Waals surface area contributed by atoms with E-state index < -0.39 is 0 Å². The highest BCUT2D eigenvalue weighted by molar-refractivity contribution is 6.14. The van der Waals surface area contributed by atoms with E-state index in [4.69, 9.17) is 9.41 Å². The predicted molar refractivity (Wildman–Crippen MR) is 219 cm³/mol. The van der Waals surface area contributed by atoms with Gasteiger partial charge in [-0.3, -0.25) is 0 Å². The average molecular weight is 685 g/mol. The Kier molecular flexibility index (Phi) is 9.36. The minimum atomic E-state index is 0.473. The quantitative estimate of drug-likeness (QED) is 0.142. The van der Waals surface area contributed by atoms with Gasteiger partial charge in [0.1, 0.15) is 0 Å². The predicted octanol–water partition coefficient (Wildman–Crippen LogP) is 12.6. The summed E-state index contributed by atoms with van der Waals surface area (Å²) in [7, 11) is 0. The highest BCUT2D eigenvalue weighted by Gasteiger charge is 2.17. The van der Waals surface area contributed by atoms with Crippen LogP contribution in [0.4, 0.5) is 17.1 Å². The van der Waals surface area contributed by atoms with Gasteiger partial charge in [-0.15, -0.1) is 10.2 Å². The van der Waals surface area contributed by atoms with Crippen molar-refractivity contribution in [1.29, 1.82) is 0 Å². The van der Waals surface area contributed by atoms with Crippen molar-refractivity contribution in [2.24, 2.45) is 4.99 Å². The van der Waals surface area contributed by atoms with Gasteiger partial charge in [0.25, 0.3) is 0 Å². The van der Waals surface area contributed by atoms with Crippen molar-refractivity contribution in [3.05, 3.63) is 211 Å². The molecule has 7 aromatic rings. The molecule has 0 spiro atoms. The lowest BCUT2D eigenvalue weighted by Crippen LogP contribution is -2.10. The highest BCUT2D eigenvalue weighted by atomic mass is 16.4. The molecule has 0 radical (unpaired) electrons. The Morgan fingerprint density at radius 1 is 0.528 bits per heavy atom. The number of benzene rings is 6. The fourth-order valence-electron chi connectivity index (χ4n) is 6.39. The lowest BCUT2D eigenvalue weighted by molar-refractivity contribution is 0.584. The molecule has 5 heteroatoms. The van der Waals surface area contributed by atoms with Gasteiger partial charge >= 0.3 is 0 Å². The number of allylic oxidation sites excluding steroid dienone is 6. The van der Waals surface area contributed by atoms with Crippen molar-refractivity contribution >= 4 is 34.0 Å². The van der Waals surface area contributed by atoms with Crippen molar-refractivity contribution in [3.63, 3.8) is 0 Å². The first kappa shape index (κ1) is 33.1. The number of aromatic nitrogens is 2. The Bertz CT molecular complexity index is 2490. The monoisotopic (exact) mass is 684 g/mol. The molecule has 0 atom stereocenters. The second-order valence-electron chi connectivity index (χ2n) is 12.7. The number of rotatable bonds is 9. The smallest absolute Gasteiger partial charge is 0.248 e. The normalized spacial score (nSPS) is 13.6. The van der Waals surface area contributed by atoms with Gasteiger partial charge in [-0.2, -0.15) is 0 Å². The maximum atomic E-state index is 6.07. The molecule has 53 heavy (non-hydrogen) atoms. The second-order valence-corrected chi connectivity index (χ2v) is 12.7. The van der Waals surface area contributed by atoms with Crippen LogP contribution in [-0.4, -0.2) is 15.9 Å². The van der Waals surface area contributed by atoms with Crippen molar-refractivity contribution < 1.29 is 4.42 Å². The number of aliphatic imine (C=N–C) groups is 1. The van der Waals surface area contributed by atoms with E-state index in [1.165, 1.54) is 0 Å². The molecule has 254 valence electrons. The summed E-state index contributed by atoms with van der Waals surface area (Å²) in [5, 5.41) is 8.64. The molecule has 0 saturated heterocycles. The van der Waals surface area contributed by atoms with E-state index in [0.717, 1.165) is 73.0 Å². The summed E-state index contributed by atoms with van der Waals surface area (Å²) in [6, 6.07) is 56.2. The minimum absolute atomic E-state index is 0.473. The fraction of sp³-hybridized carbons (Fsp3) is 0.0208. The van der Waals surface area contributed by atoms with Crippen LogP contribution in [0, 0.1) is 0 Å². The molecule has 0 aliphatic heterocycles. The van der Waals surface area contributed by atoms with Gasteiger partial charge in [0.05, 0.1) is 11.4 Å². The zero-order valence-corrected chi connectivity index (χ0v) is 29.3. The van der Waals surface area contributed by atoms with E-state index in [1.54, 1.807) is 0 Å². The maximum absolute atomic E-state index is 6.07. The molecular weight excluding hydrogens is 649 g/mol. The van der Waals surface area contributed by atoms with Crippen LogP contribution in [-0.2, 0) is 0 Å². The molecule has 1 heterocycles. The molecule has 5 nitrogen and oxygen atoms in total. The average Bonchev–Trinajstić information content (AvgIpc) is 3.73. The molecular formula is C48H36N4O. The summed E-state index contributed by atoms with van der Waals surface area (Å²) >= 11 is 0. The summed E-state index contributed by atoms with van der Waals surface area (Å²) < 4.78 is 6.07. The van der Waals surface area contributed by atoms with Gasteiger partial charge in [0.2, 0.25) is 11.8 Å². The summed E-state index contributed by atoms with van der Waals surface area (Å²) in [4.78, 5) is 7.40. The van der Waals surface area contributed by atoms with Gasteiger partial charge in [-0.05, 0) is 101 Å². The third-order valence-corrected chi connectivity index (χ3v) is 9.21. The first-order chi connectivity index (χ1) is 26.1. The lowest BCUT2D eigenvalue weighted by atomic mass is 9.99. The van der Waals surface area contributed by atoms with Gasteiger partial charge in [-0.1, -0.05) is 128 Å². The number of hydrogen-bond acceptors (Lipinski definition) is 5. The number of nitrogens with zero attached hydrogens (tertiary/aromatic N) is 4. The molecule has 0 bridgehead atoms. The molecule has 1 aromatic heterocycles. The molecule has 8 rings (SSSR count). The standard InChI is InChI=1S/C48H36N4O/c1-34-15-12-13-24-45(34)49-46(38-18-8-4-9-19-38)35(2)36-25-29-42(30-26-36)52(44-23-14-22-41(33-44)37-16-6-3-7-17-37)43-31-27-40(28-32-43)48-51-50-47(53-48)39-20-10-5-11-21-39/h3-33H,1H2,2H3/b46-35+,49-45?. The lowest BCUT2D eigenvalue weighted by Gasteiger charge is -2.26. The summed E-state index contributed by atoms with van der Waals surface area (Å²) in [6.07, 6.45) is 7.98. The largest absolute Gasteiger partial charge is 0.416 e. The van der Waals surface area contributed by atoms with Gasteiger partial charge in [-0.25, -0.2) is 4.99 Å². The third kappa shape index (κ3) is 7.23. The molecule has 0 saturated carbocycles. The van der Waals surface area contributed by atoms with Crippen LogP contribution < -0.4 is 4.90 Å². The van der Waals surface area contributed by atoms with Crippen molar-refractivity contribution in [3.8, 4) is 34.0 Å². The Labute approximate surface area is 310 Å². The summed E-state index contributed by atoms with van der Waals surface area (Å²) in [5.41, 5.74) is 12.9. The van der Waals surface area contributed by atoms with Crippen LogP contribution >= 0.6 is 0 Å². The third-order valence-electron chi connectivity index (χ3n) is 9.21. The SMILES string of the molecule is C=C1C=CC=CC1=N/C(=C(\C)c1ccc(N(c2ccc(-c3nnc(-c4ccccc4)o3)cc2)c2cccc(-c3ccccc3)c2)cc1)c1ccccc1. The molecule has 0 unspecified atom stereocenters. The second kappa shape index (κ2) is 15.0. The van der Waals surface area contributed by atoms with Crippen LogP contribution in [0.1, 0.15) is 18.1 Å². The summed E-state index contributed by atoms with van der Waals surface area (Å²) in [5.74, 6) is 0.966. The van der Waals surface area contributed by atoms with E-state index in [9.17, 15) is 0 Å². The Hall–Kier alpha value is -7.11. The van der Waals surface area contributed by atoms with E-state index in [0.29, 0.717) is 11.8 Å². The van der Waals surface area contributed by atoms with Gasteiger partial charge in [0.15, 0.2) is 0 Å².